The molecule has 8 rings (SSSR count). The molecule has 2 heterocycles. The van der Waals surface area contributed by atoms with E-state index in [2.05, 4.69) is 128 Å². The van der Waals surface area contributed by atoms with Crippen LogP contribution in [-0.2, 0) is 0 Å². The quantitative estimate of drug-likeness (QED) is 0.220. The van der Waals surface area contributed by atoms with Crippen molar-refractivity contribution in [2.45, 2.75) is 13.8 Å². The van der Waals surface area contributed by atoms with Crippen molar-refractivity contribution in [3.63, 3.8) is 0 Å². The highest BCUT2D eigenvalue weighted by Gasteiger charge is 2.20. The van der Waals surface area contributed by atoms with Crippen LogP contribution in [0, 0.1) is 13.8 Å². The van der Waals surface area contributed by atoms with Gasteiger partial charge in [0.1, 0.15) is 17.7 Å². The van der Waals surface area contributed by atoms with Crippen LogP contribution >= 0.6 is 0 Å². The number of aromatic nitrogens is 2. The van der Waals surface area contributed by atoms with Crippen LogP contribution in [0.3, 0.4) is 0 Å². The number of benzene rings is 6. The summed E-state index contributed by atoms with van der Waals surface area (Å²) in [6.45, 7) is 4.39. The maximum atomic E-state index is 6.22. The predicted octanol–water partition coefficient (Wildman–Crippen LogP) is 10.0. The van der Waals surface area contributed by atoms with E-state index in [-0.39, 0.29) is 0 Å². The third-order valence-electron chi connectivity index (χ3n) is 8.08. The van der Waals surface area contributed by atoms with Crippen molar-refractivity contribution in [3.8, 4) is 28.2 Å². The summed E-state index contributed by atoms with van der Waals surface area (Å²) in [4.78, 5) is 5.15. The van der Waals surface area contributed by atoms with Crippen LogP contribution in [0.15, 0.2) is 126 Å². The smallest absolute Gasteiger partial charge is 0.149 e. The number of hydrogen-bond donors (Lipinski definition) is 0. The van der Waals surface area contributed by atoms with Gasteiger partial charge in [0.2, 0.25) is 0 Å². The Morgan fingerprint density at radius 2 is 1.35 bits per heavy atom. The number of rotatable bonds is 3. The first-order valence-corrected chi connectivity index (χ1v) is 13.6. The molecule has 0 N–H and O–H groups in total. The number of imidazole rings is 1. The molecule has 0 aliphatic carbocycles. The fraction of sp³-hybridized carbons (Fsp3) is 0.0541. The fourth-order valence-corrected chi connectivity index (χ4v) is 6.30. The van der Waals surface area contributed by atoms with Crippen molar-refractivity contribution >= 4 is 43.5 Å². The van der Waals surface area contributed by atoms with Gasteiger partial charge < -0.3 is 4.42 Å². The van der Waals surface area contributed by atoms with Crippen molar-refractivity contribution in [1.29, 1.82) is 0 Å². The molecule has 2 aromatic heterocycles. The van der Waals surface area contributed by atoms with Gasteiger partial charge in [0.05, 0.1) is 16.6 Å². The molecule has 3 heteroatoms. The molecular weight excluding hydrogens is 488 g/mol. The standard InChI is InChI=1S/C37H26N2O/c1-23-18-28(19-24(2)36(23)26-11-4-3-5-12-26)39-34-15-9-8-14-33(34)38-37(39)32-22-40-35-21-30-27(20-31(32)35)17-16-25-10-6-7-13-29(25)30/h3-22H,1-2H3. The number of hydrogen-bond acceptors (Lipinski definition) is 2. The lowest BCUT2D eigenvalue weighted by Gasteiger charge is -2.16. The molecule has 0 saturated carbocycles. The summed E-state index contributed by atoms with van der Waals surface area (Å²) >= 11 is 0. The number of fused-ring (bicyclic) bond motifs is 5. The molecule has 190 valence electrons. The number of nitrogens with zero attached hydrogens (tertiary/aromatic N) is 2. The van der Waals surface area contributed by atoms with Crippen LogP contribution in [0.4, 0.5) is 0 Å². The second kappa shape index (κ2) is 8.69. The summed E-state index contributed by atoms with van der Waals surface area (Å²) in [6, 6.07) is 40.8. The van der Waals surface area contributed by atoms with Gasteiger partial charge in [-0.1, -0.05) is 78.9 Å². The first-order chi connectivity index (χ1) is 19.7. The van der Waals surface area contributed by atoms with Crippen LogP contribution in [0.25, 0.3) is 71.7 Å². The topological polar surface area (TPSA) is 31.0 Å². The van der Waals surface area contributed by atoms with Crippen molar-refractivity contribution in [3.05, 3.63) is 133 Å². The molecule has 0 amide bonds. The Morgan fingerprint density at radius 1 is 0.625 bits per heavy atom. The average Bonchev–Trinajstić information content (AvgIpc) is 3.57. The molecular formula is C37H26N2O. The normalized spacial score (nSPS) is 11.8. The first-order valence-electron chi connectivity index (χ1n) is 13.6. The van der Waals surface area contributed by atoms with Gasteiger partial charge in [-0.05, 0) is 94.0 Å². The molecule has 0 radical (unpaired) electrons. The highest BCUT2D eigenvalue weighted by molar-refractivity contribution is 6.13. The Kier molecular flexibility index (Phi) is 4.95. The molecule has 0 spiro atoms. The lowest BCUT2D eigenvalue weighted by Crippen LogP contribution is -2.00. The Bertz CT molecular complexity index is 2210. The number of para-hydroxylation sites is 2. The van der Waals surface area contributed by atoms with Gasteiger partial charge in [0, 0.05) is 11.1 Å². The highest BCUT2D eigenvalue weighted by Crippen LogP contribution is 2.39. The monoisotopic (exact) mass is 514 g/mol. The van der Waals surface area contributed by atoms with E-state index in [1.807, 2.05) is 12.3 Å². The fourth-order valence-electron chi connectivity index (χ4n) is 6.30. The second-order valence-electron chi connectivity index (χ2n) is 10.6. The number of aryl methyl sites for hydroxylation is 2. The van der Waals surface area contributed by atoms with Crippen molar-refractivity contribution in [2.75, 3.05) is 0 Å². The summed E-state index contributed by atoms with van der Waals surface area (Å²) in [7, 11) is 0. The summed E-state index contributed by atoms with van der Waals surface area (Å²) in [5, 5.41) is 5.91. The minimum absolute atomic E-state index is 0.865. The SMILES string of the molecule is Cc1cc(-n2c(-c3coc4cc5c(ccc6ccccc65)cc34)nc3ccccc32)cc(C)c1-c1ccccc1. The van der Waals surface area contributed by atoms with Gasteiger partial charge in [-0.3, -0.25) is 4.57 Å². The summed E-state index contributed by atoms with van der Waals surface area (Å²) in [6.07, 6.45) is 1.86. The summed E-state index contributed by atoms with van der Waals surface area (Å²) in [5.74, 6) is 0.881. The van der Waals surface area contributed by atoms with Gasteiger partial charge in [0.15, 0.2) is 0 Å². The molecule has 0 atom stereocenters. The molecule has 0 unspecified atom stereocenters. The second-order valence-corrected chi connectivity index (χ2v) is 10.6. The molecule has 0 fully saturated rings. The Hall–Kier alpha value is -5.15. The first kappa shape index (κ1) is 22.8. The van der Waals surface area contributed by atoms with Gasteiger partial charge in [-0.15, -0.1) is 0 Å². The lowest BCUT2D eigenvalue weighted by molar-refractivity contribution is 0.617. The molecule has 0 aliphatic heterocycles. The molecule has 6 aromatic carbocycles. The van der Waals surface area contributed by atoms with Crippen LogP contribution in [-0.4, -0.2) is 9.55 Å². The molecule has 40 heavy (non-hydrogen) atoms. The maximum Gasteiger partial charge on any atom is 0.149 e. The van der Waals surface area contributed by atoms with E-state index in [1.54, 1.807) is 0 Å². The number of furan rings is 1. The summed E-state index contributed by atoms with van der Waals surface area (Å²) in [5.41, 5.74) is 9.97. The zero-order valence-corrected chi connectivity index (χ0v) is 22.3. The minimum atomic E-state index is 0.865. The molecule has 0 bridgehead atoms. The van der Waals surface area contributed by atoms with Crippen LogP contribution in [0.2, 0.25) is 0 Å². The van der Waals surface area contributed by atoms with Crippen LogP contribution in [0.5, 0.6) is 0 Å². The molecule has 0 saturated heterocycles. The Balaban J connectivity index is 1.37. The summed E-state index contributed by atoms with van der Waals surface area (Å²) < 4.78 is 8.50. The average molecular weight is 515 g/mol. The highest BCUT2D eigenvalue weighted by atomic mass is 16.3. The van der Waals surface area contributed by atoms with E-state index in [0.717, 1.165) is 39.1 Å². The van der Waals surface area contributed by atoms with Gasteiger partial charge in [-0.25, -0.2) is 4.98 Å². The zero-order valence-electron chi connectivity index (χ0n) is 22.3. The maximum absolute atomic E-state index is 6.22. The van der Waals surface area contributed by atoms with Crippen molar-refractivity contribution in [1.82, 2.24) is 9.55 Å². The zero-order chi connectivity index (χ0) is 26.8. The van der Waals surface area contributed by atoms with Crippen molar-refractivity contribution < 1.29 is 4.42 Å². The van der Waals surface area contributed by atoms with E-state index >= 15 is 0 Å². The Morgan fingerprint density at radius 3 is 2.20 bits per heavy atom. The van der Waals surface area contributed by atoms with Gasteiger partial charge >= 0.3 is 0 Å². The van der Waals surface area contributed by atoms with Crippen LogP contribution in [0.1, 0.15) is 11.1 Å². The van der Waals surface area contributed by atoms with E-state index in [0.29, 0.717) is 0 Å². The minimum Gasteiger partial charge on any atom is -0.464 e. The van der Waals surface area contributed by atoms with Crippen LogP contribution < -0.4 is 0 Å². The van der Waals surface area contributed by atoms with E-state index in [9.17, 15) is 0 Å². The van der Waals surface area contributed by atoms with E-state index < -0.39 is 0 Å². The predicted molar refractivity (Wildman–Crippen MR) is 166 cm³/mol. The van der Waals surface area contributed by atoms with E-state index in [1.165, 1.54) is 43.8 Å². The van der Waals surface area contributed by atoms with E-state index in [4.69, 9.17) is 9.40 Å². The van der Waals surface area contributed by atoms with Gasteiger partial charge in [0.25, 0.3) is 0 Å². The third-order valence-corrected chi connectivity index (χ3v) is 8.08. The Labute approximate surface area is 231 Å². The van der Waals surface area contributed by atoms with Gasteiger partial charge in [-0.2, -0.15) is 0 Å². The molecule has 0 aliphatic rings. The van der Waals surface area contributed by atoms with Crippen molar-refractivity contribution in [2.24, 2.45) is 0 Å². The lowest BCUT2D eigenvalue weighted by atomic mass is 9.95. The molecule has 3 nitrogen and oxygen atoms in total. The molecule has 8 aromatic rings. The largest absolute Gasteiger partial charge is 0.464 e. The third kappa shape index (κ3) is 3.41.